The van der Waals surface area contributed by atoms with Crippen molar-refractivity contribution in [3.05, 3.63) is 144 Å². The van der Waals surface area contributed by atoms with E-state index in [1.807, 2.05) is 0 Å². The van der Waals surface area contributed by atoms with Gasteiger partial charge in [0, 0.05) is 14.1 Å². The monoisotopic (exact) mass is 514 g/mol. The fraction of sp³-hybridized carbons (Fsp3) is 0.235. The molecular formula is C34H36N5+. The zero-order chi connectivity index (χ0) is 26.9. The Balaban J connectivity index is 1.47. The van der Waals surface area contributed by atoms with Gasteiger partial charge < -0.3 is 9.80 Å². The van der Waals surface area contributed by atoms with Crippen molar-refractivity contribution in [2.45, 2.75) is 24.2 Å². The Kier molecular flexibility index (Phi) is 6.65. The number of guanidine groups is 2. The summed E-state index contributed by atoms with van der Waals surface area (Å²) in [5.74, 6) is 1.93. The second kappa shape index (κ2) is 10.4. The Bertz CT molecular complexity index is 1410. The number of nitrogens with zero attached hydrogens (tertiary/aromatic N) is 5. The topological polar surface area (TPSA) is 25.1 Å². The van der Waals surface area contributed by atoms with E-state index in [0.29, 0.717) is 0 Å². The highest BCUT2D eigenvalue weighted by atomic mass is 15.5. The zero-order valence-corrected chi connectivity index (χ0v) is 23.1. The van der Waals surface area contributed by atoms with Crippen LogP contribution in [0.25, 0.3) is 0 Å². The van der Waals surface area contributed by atoms with Gasteiger partial charge >= 0.3 is 5.96 Å². The molecule has 5 heteroatoms. The molecule has 4 aromatic rings. The standard InChI is InChI=1S/C34H36N5/c1-36-29(25-17-9-5-10-18-25)30(26-19-11-6-12-20-26)37(2)33(36)35-34-38(3)31(27-21-13-7-14-22-27)32(39(34)4)28-23-15-8-16-24-28/h5-24,29-32H,1-4H3/q+1/t29-,30?,31-,32?/m0/s1. The van der Waals surface area contributed by atoms with Gasteiger partial charge in [-0.15, -0.1) is 0 Å². The van der Waals surface area contributed by atoms with E-state index < -0.39 is 0 Å². The lowest BCUT2D eigenvalue weighted by Gasteiger charge is -2.26. The molecule has 0 radical (unpaired) electrons. The predicted octanol–water partition coefficient (Wildman–Crippen LogP) is 6.13. The van der Waals surface area contributed by atoms with Crippen molar-refractivity contribution in [1.82, 2.24) is 14.7 Å². The van der Waals surface area contributed by atoms with E-state index in [2.05, 4.69) is 169 Å². The summed E-state index contributed by atoms with van der Waals surface area (Å²) in [6, 6.07) is 43.8. The molecule has 0 aromatic heterocycles. The van der Waals surface area contributed by atoms with Crippen LogP contribution >= 0.6 is 0 Å². The molecule has 196 valence electrons. The summed E-state index contributed by atoms with van der Waals surface area (Å²) in [7, 11) is 8.70. The molecule has 1 fully saturated rings. The average Bonchev–Trinajstić information content (AvgIpc) is 3.39. The van der Waals surface area contributed by atoms with Crippen molar-refractivity contribution < 1.29 is 4.58 Å². The van der Waals surface area contributed by atoms with E-state index >= 15 is 0 Å². The second-order valence-electron chi connectivity index (χ2n) is 10.6. The molecule has 2 unspecified atom stereocenters. The third-order valence-electron chi connectivity index (χ3n) is 8.29. The van der Waals surface area contributed by atoms with Crippen LogP contribution in [0.1, 0.15) is 46.4 Å². The van der Waals surface area contributed by atoms with Gasteiger partial charge in [-0.25, -0.2) is 0 Å². The lowest BCUT2D eigenvalue weighted by atomic mass is 9.93. The van der Waals surface area contributed by atoms with E-state index in [4.69, 9.17) is 4.99 Å². The minimum absolute atomic E-state index is 0.143. The smallest absolute Gasteiger partial charge is 0.322 e. The highest BCUT2D eigenvalue weighted by molar-refractivity contribution is 5.95. The summed E-state index contributed by atoms with van der Waals surface area (Å²) >= 11 is 0. The Hall–Kier alpha value is -4.38. The van der Waals surface area contributed by atoms with E-state index in [1.54, 1.807) is 0 Å². The third-order valence-corrected chi connectivity index (χ3v) is 8.29. The van der Waals surface area contributed by atoms with Crippen molar-refractivity contribution in [2.75, 3.05) is 28.2 Å². The summed E-state index contributed by atoms with van der Waals surface area (Å²) in [6.07, 6.45) is 0. The molecule has 2 aliphatic rings. The molecule has 0 amide bonds. The first-order valence-corrected chi connectivity index (χ1v) is 13.6. The quantitative estimate of drug-likeness (QED) is 0.307. The van der Waals surface area contributed by atoms with Crippen LogP contribution in [0.2, 0.25) is 0 Å². The third kappa shape index (κ3) is 4.38. The summed E-state index contributed by atoms with van der Waals surface area (Å²) < 4.78 is 2.34. The van der Waals surface area contributed by atoms with Crippen molar-refractivity contribution in [3.8, 4) is 0 Å². The number of likely N-dealkylation sites (N-methyl/N-ethyl adjacent to an activating group) is 4. The van der Waals surface area contributed by atoms with Crippen molar-refractivity contribution in [2.24, 2.45) is 4.99 Å². The molecule has 0 bridgehead atoms. The van der Waals surface area contributed by atoms with E-state index in [1.165, 1.54) is 22.3 Å². The number of aliphatic imine (C=N–C) groups is 1. The first-order chi connectivity index (χ1) is 19.1. The fourth-order valence-electron chi connectivity index (χ4n) is 6.47. The first kappa shape index (κ1) is 24.9. The fourth-order valence-corrected chi connectivity index (χ4v) is 6.47. The molecule has 2 aliphatic heterocycles. The first-order valence-electron chi connectivity index (χ1n) is 13.6. The number of hydrogen-bond donors (Lipinski definition) is 0. The summed E-state index contributed by atoms with van der Waals surface area (Å²) in [5.41, 5.74) is 5.14. The Morgan fingerprint density at radius 1 is 0.487 bits per heavy atom. The lowest BCUT2D eigenvalue weighted by molar-refractivity contribution is -0.539. The van der Waals surface area contributed by atoms with Crippen LogP contribution in [0.4, 0.5) is 0 Å². The molecule has 1 saturated heterocycles. The van der Waals surface area contributed by atoms with E-state index in [-0.39, 0.29) is 24.2 Å². The molecule has 2 heterocycles. The predicted molar refractivity (Wildman–Crippen MR) is 159 cm³/mol. The molecule has 0 aliphatic carbocycles. The molecule has 39 heavy (non-hydrogen) atoms. The van der Waals surface area contributed by atoms with Crippen LogP contribution in [-0.4, -0.2) is 59.4 Å². The van der Waals surface area contributed by atoms with Crippen molar-refractivity contribution in [1.29, 1.82) is 0 Å². The van der Waals surface area contributed by atoms with Gasteiger partial charge in [-0.2, -0.15) is 0 Å². The second-order valence-corrected chi connectivity index (χ2v) is 10.6. The van der Waals surface area contributed by atoms with Gasteiger partial charge in [0.1, 0.15) is 12.1 Å². The molecule has 0 saturated carbocycles. The molecule has 5 nitrogen and oxygen atoms in total. The molecule has 0 spiro atoms. The van der Waals surface area contributed by atoms with Crippen molar-refractivity contribution >= 4 is 11.9 Å². The van der Waals surface area contributed by atoms with Gasteiger partial charge in [-0.3, -0.25) is 9.48 Å². The molecule has 6 rings (SSSR count). The Morgan fingerprint density at radius 3 is 1.26 bits per heavy atom. The summed E-state index contributed by atoms with van der Waals surface area (Å²) in [4.78, 5) is 12.5. The minimum atomic E-state index is 0.143. The maximum atomic E-state index is 5.44. The molecular weight excluding hydrogens is 478 g/mol. The number of benzene rings is 4. The highest BCUT2D eigenvalue weighted by Gasteiger charge is 2.49. The average molecular weight is 515 g/mol. The highest BCUT2D eigenvalue weighted by Crippen LogP contribution is 2.44. The largest absolute Gasteiger partial charge is 0.393 e. The molecule has 4 aromatic carbocycles. The van der Waals surface area contributed by atoms with Gasteiger partial charge in [-0.1, -0.05) is 121 Å². The van der Waals surface area contributed by atoms with Gasteiger partial charge in [-0.05, 0) is 27.2 Å². The number of hydrogen-bond acceptors (Lipinski definition) is 2. The van der Waals surface area contributed by atoms with Gasteiger partial charge in [0.25, 0.3) is 5.96 Å². The SMILES string of the molecule is CN1C(=NC2=[N+](C)[C@@H](c3ccccc3)C(c3ccccc3)N2C)N(C)[C@@H](c2ccccc2)C1c1ccccc1. The number of rotatable bonds is 4. The van der Waals surface area contributed by atoms with Crippen LogP contribution in [0.15, 0.2) is 126 Å². The zero-order valence-electron chi connectivity index (χ0n) is 23.1. The summed E-state index contributed by atoms with van der Waals surface area (Å²) in [6.45, 7) is 0. The van der Waals surface area contributed by atoms with Crippen molar-refractivity contribution in [3.63, 3.8) is 0 Å². The maximum absolute atomic E-state index is 5.44. The Labute approximate surface area is 232 Å². The van der Waals surface area contributed by atoms with E-state index in [0.717, 1.165) is 11.9 Å². The molecule has 0 N–H and O–H groups in total. The van der Waals surface area contributed by atoms with Gasteiger partial charge in [0.2, 0.25) is 0 Å². The lowest BCUT2D eigenvalue weighted by Crippen LogP contribution is -2.34. The maximum Gasteiger partial charge on any atom is 0.393 e. The Morgan fingerprint density at radius 2 is 0.846 bits per heavy atom. The van der Waals surface area contributed by atoms with Crippen LogP contribution in [0.3, 0.4) is 0 Å². The van der Waals surface area contributed by atoms with E-state index in [9.17, 15) is 0 Å². The molecule has 4 atom stereocenters. The van der Waals surface area contributed by atoms with Crippen LogP contribution in [0.5, 0.6) is 0 Å². The minimum Gasteiger partial charge on any atom is -0.322 e. The summed E-state index contributed by atoms with van der Waals surface area (Å²) in [5, 5.41) is 0. The van der Waals surface area contributed by atoms with Crippen LogP contribution in [0, 0.1) is 0 Å². The van der Waals surface area contributed by atoms with Gasteiger partial charge in [0.05, 0.1) is 26.2 Å². The van der Waals surface area contributed by atoms with Crippen LogP contribution < -0.4 is 0 Å². The van der Waals surface area contributed by atoms with Gasteiger partial charge in [0.15, 0.2) is 0 Å². The van der Waals surface area contributed by atoms with Crippen LogP contribution in [-0.2, 0) is 0 Å². The normalized spacial score (nSPS) is 24.2.